The van der Waals surface area contributed by atoms with Crippen LogP contribution < -0.4 is 76.1 Å². The molecular formula is C68H98N20O14S. The van der Waals surface area contributed by atoms with Crippen molar-refractivity contribution in [2.45, 2.75) is 170 Å². The maximum absolute atomic E-state index is 15.3. The number of carbonyl (C=O) groups is 11. The van der Waals surface area contributed by atoms with Gasteiger partial charge < -0.3 is 99.9 Å². The number of H-pyrrole nitrogens is 1. The van der Waals surface area contributed by atoms with Crippen molar-refractivity contribution in [1.29, 1.82) is 0 Å². The summed E-state index contributed by atoms with van der Waals surface area (Å²) in [5, 5.41) is 38.1. The number of rotatable bonds is 30. The number of primary amides is 2. The number of amides is 12. The number of fused-ring (bicyclic) bond motifs is 5. The molecule has 2 bridgehead atoms. The summed E-state index contributed by atoms with van der Waals surface area (Å²) in [5.41, 5.74) is 25.8. The summed E-state index contributed by atoms with van der Waals surface area (Å²) in [5.74, 6) is -7.58. The van der Waals surface area contributed by atoms with Crippen LogP contribution in [0.3, 0.4) is 0 Å². The number of hydrogen-bond donors (Lipinski definition) is 15. The molecule has 560 valence electrons. The number of aliphatic imine (C=N–C) groups is 1. The fraction of sp³-hybridized carbons (Fsp3) is 0.559. The van der Waals surface area contributed by atoms with Gasteiger partial charge in [-0.05, 0) is 80.5 Å². The molecule has 0 saturated carbocycles. The maximum Gasteiger partial charge on any atom is 0.315 e. The van der Waals surface area contributed by atoms with Crippen molar-refractivity contribution in [2.24, 2.45) is 40.9 Å². The number of nitrogens with two attached hydrogens (primary N) is 4. The minimum absolute atomic E-state index is 0.0361. The van der Waals surface area contributed by atoms with Crippen molar-refractivity contribution in [2.75, 3.05) is 58.5 Å². The van der Waals surface area contributed by atoms with Crippen LogP contribution in [-0.4, -0.2) is 214 Å². The topological polar surface area (TPSA) is 504 Å². The molecule has 8 rings (SSSR count). The van der Waals surface area contributed by atoms with Crippen LogP contribution in [0, 0.1) is 5.92 Å². The van der Waals surface area contributed by atoms with E-state index in [-0.39, 0.29) is 133 Å². The molecule has 10 atom stereocenters. The van der Waals surface area contributed by atoms with Crippen LogP contribution in [-0.2, 0) is 95.0 Å². The SMILES string of the molecule is CC(C)C[C@H]1NC(=O)[C@@H](CC(N)=O)NC(=O)[C@@H](NC(=O)COCCOCCOCCNC(=O)CCCC[C@H]2SC[C@H]3NC(=O)N[C@H]32)Cc2cn(nn2)CCCC[C@@H](C(N)=O)NC(=O)[C@@H](CCCN=C(N)N)NC(=O)[C@@H](Cc2cn(C)c3ccccc23)NC(=O)[C@@H](Cc2c[nH]c3ccccc23)NC1=O. The highest BCUT2D eigenvalue weighted by Gasteiger charge is 2.43. The minimum atomic E-state index is -1.73. The highest BCUT2D eigenvalue weighted by Crippen LogP contribution is 2.33. The van der Waals surface area contributed by atoms with Gasteiger partial charge in [0.05, 0.1) is 57.2 Å². The van der Waals surface area contributed by atoms with Crippen LogP contribution in [0.1, 0.15) is 101 Å². The first-order chi connectivity index (χ1) is 49.5. The number of thioether (sulfide) groups is 1. The zero-order chi connectivity index (χ0) is 74.0. The second-order valence-corrected chi connectivity index (χ2v) is 27.6. The van der Waals surface area contributed by atoms with Gasteiger partial charge in [0.25, 0.3) is 0 Å². The third-order valence-electron chi connectivity index (χ3n) is 17.8. The number of aromatic amines is 1. The fourth-order valence-corrected chi connectivity index (χ4v) is 14.1. The Morgan fingerprint density at radius 1 is 0.680 bits per heavy atom. The van der Waals surface area contributed by atoms with Gasteiger partial charge in [-0.25, -0.2) is 4.79 Å². The number of nitrogens with one attached hydrogen (secondary N) is 11. The second-order valence-electron chi connectivity index (χ2n) is 26.4. The predicted molar refractivity (Wildman–Crippen MR) is 382 cm³/mol. The average Bonchev–Trinajstić information content (AvgIpc) is 1.67. The quantitative estimate of drug-likeness (QED) is 0.0104. The summed E-state index contributed by atoms with van der Waals surface area (Å²) in [6, 6.07) is 4.73. The lowest BCUT2D eigenvalue weighted by Gasteiger charge is -2.28. The van der Waals surface area contributed by atoms with Gasteiger partial charge in [-0.1, -0.05) is 61.9 Å². The Balaban J connectivity index is 0.967. The summed E-state index contributed by atoms with van der Waals surface area (Å²) in [4.78, 5) is 160. The molecule has 0 unspecified atom stereocenters. The van der Waals surface area contributed by atoms with E-state index in [4.69, 9.17) is 37.1 Å². The largest absolute Gasteiger partial charge is 0.377 e. The van der Waals surface area contributed by atoms with Crippen molar-refractivity contribution >= 4 is 105 Å². The van der Waals surface area contributed by atoms with Crippen molar-refractivity contribution < 1.29 is 67.0 Å². The van der Waals surface area contributed by atoms with E-state index in [1.54, 1.807) is 26.1 Å². The number of unbranched alkanes of at least 4 members (excludes halogenated alkanes) is 1. The van der Waals surface area contributed by atoms with E-state index in [0.29, 0.717) is 53.1 Å². The smallest absolute Gasteiger partial charge is 0.315 e. The van der Waals surface area contributed by atoms with E-state index >= 15 is 9.59 Å². The van der Waals surface area contributed by atoms with Gasteiger partial charge in [-0.3, -0.25) is 57.6 Å². The molecule has 0 spiro atoms. The molecule has 6 heterocycles. The Labute approximate surface area is 600 Å². The number of benzene rings is 2. The molecule has 34 nitrogen and oxygen atoms in total. The van der Waals surface area contributed by atoms with Crippen LogP contribution in [0.15, 0.2) is 72.1 Å². The predicted octanol–water partition coefficient (Wildman–Crippen LogP) is -1.79. The number of urea groups is 1. The van der Waals surface area contributed by atoms with Gasteiger partial charge in [-0.15, -0.1) is 5.10 Å². The monoisotopic (exact) mass is 1450 g/mol. The van der Waals surface area contributed by atoms with E-state index in [1.807, 2.05) is 72.0 Å². The van der Waals surface area contributed by atoms with Crippen LogP contribution in [0.5, 0.6) is 0 Å². The standard InChI is InChI=1S/C68H98N20O14S/c1-39(2)29-48-62(94)80-49(30-40-34-75-45-15-6-4-13-43(40)45)64(96)81-50(31-41-35-87(3)54-18-7-5-14-44(41)54)63(95)78-47(17-12-21-74-67(71)72)61(93)77-46(60(70)92)16-10-11-23-88-36-42(85-86-88)32-51(65(97)82-52(33-56(69)89)66(98)79-48)76-58(91)37-102-28-27-101-26-25-100-24-22-73-57(90)20-9-8-19-55-59-53(38-103-55)83-68(99)84-59/h4-7,13-15,18,34-36,39,46-53,55,59,75H,8-12,16-17,19-33,37-38H2,1-3H3,(H2,69,89)(H2,70,92)(H,73,90)(H,76,91)(H,77,93)(H,78,95)(H,79,98)(H,80,94)(H,81,96)(H,82,97)(H4,71,72,74)(H2,83,84,99)/t46-,47+,48+,49+,50+,51-,52+,53+,55+,59+/m0/s1. The summed E-state index contributed by atoms with van der Waals surface area (Å²) >= 11 is 1.84. The number of hydrogen-bond acceptors (Lipinski definition) is 18. The molecule has 103 heavy (non-hydrogen) atoms. The Bertz CT molecular complexity index is 3780. The van der Waals surface area contributed by atoms with Crippen molar-refractivity contribution in [3.05, 3.63) is 83.9 Å². The number of ether oxygens (including phenoxy) is 3. The fourth-order valence-electron chi connectivity index (χ4n) is 12.6. The molecule has 0 aliphatic carbocycles. The first-order valence-electron chi connectivity index (χ1n) is 34.9. The average molecular weight is 1450 g/mol. The third-order valence-corrected chi connectivity index (χ3v) is 19.3. The zero-order valence-corrected chi connectivity index (χ0v) is 59.2. The minimum Gasteiger partial charge on any atom is -0.377 e. The van der Waals surface area contributed by atoms with Crippen LogP contribution in [0.4, 0.5) is 4.79 Å². The number of aryl methyl sites for hydroxylation is 2. The molecule has 5 aromatic rings. The molecule has 19 N–H and O–H groups in total. The van der Waals surface area contributed by atoms with E-state index in [2.05, 4.69) is 73.5 Å². The lowest BCUT2D eigenvalue weighted by molar-refractivity contribution is -0.136. The molecule has 3 aromatic heterocycles. The number of nitrogens with zero attached hydrogens (tertiary/aromatic N) is 5. The first-order valence-corrected chi connectivity index (χ1v) is 35.9. The zero-order valence-electron chi connectivity index (χ0n) is 58.3. The van der Waals surface area contributed by atoms with Gasteiger partial charge >= 0.3 is 6.03 Å². The van der Waals surface area contributed by atoms with Gasteiger partial charge in [0.1, 0.15) is 48.9 Å². The summed E-state index contributed by atoms with van der Waals surface area (Å²) in [6.45, 7) is 4.29. The maximum atomic E-state index is 15.3. The lowest BCUT2D eigenvalue weighted by atomic mass is 9.99. The summed E-state index contributed by atoms with van der Waals surface area (Å²) in [6.07, 6.45) is 7.35. The van der Waals surface area contributed by atoms with Crippen LogP contribution in [0.2, 0.25) is 0 Å². The summed E-state index contributed by atoms with van der Waals surface area (Å²) < 4.78 is 20.1. The van der Waals surface area contributed by atoms with E-state index in [9.17, 15) is 43.2 Å². The number of para-hydroxylation sites is 2. The molecule has 3 aliphatic heterocycles. The van der Waals surface area contributed by atoms with E-state index < -0.39 is 108 Å². The van der Waals surface area contributed by atoms with Crippen molar-refractivity contribution in [1.82, 2.24) is 77.7 Å². The second kappa shape index (κ2) is 39.5. The molecule has 0 radical (unpaired) electrons. The molecule has 2 saturated heterocycles. The van der Waals surface area contributed by atoms with Gasteiger partial charge in [0, 0.05) is 104 Å². The molecule has 2 fully saturated rings. The molecule has 2 aromatic carbocycles. The Morgan fingerprint density at radius 3 is 2.06 bits per heavy atom. The highest BCUT2D eigenvalue weighted by molar-refractivity contribution is 8.00. The summed E-state index contributed by atoms with van der Waals surface area (Å²) in [7, 11) is 1.82. The Morgan fingerprint density at radius 2 is 1.33 bits per heavy atom. The Hall–Kier alpha value is -9.87. The molecule has 35 heteroatoms. The first kappa shape index (κ1) is 78.8. The molecular weight excluding hydrogens is 1350 g/mol. The van der Waals surface area contributed by atoms with Crippen molar-refractivity contribution in [3.63, 3.8) is 0 Å². The van der Waals surface area contributed by atoms with Gasteiger partial charge in [-0.2, -0.15) is 11.8 Å². The normalized spacial score (nSPS) is 22.7. The van der Waals surface area contributed by atoms with Gasteiger partial charge in [0.15, 0.2) is 5.96 Å². The third kappa shape index (κ3) is 24.7. The van der Waals surface area contributed by atoms with Crippen LogP contribution >= 0.6 is 11.8 Å². The van der Waals surface area contributed by atoms with Crippen molar-refractivity contribution in [3.8, 4) is 0 Å². The highest BCUT2D eigenvalue weighted by atomic mass is 32.2. The van der Waals surface area contributed by atoms with E-state index in [0.717, 1.165) is 35.9 Å². The Kier molecular flexibility index (Phi) is 30.3. The number of aromatic nitrogens is 5. The lowest BCUT2D eigenvalue weighted by Crippen LogP contribution is -2.61. The van der Waals surface area contributed by atoms with Crippen LogP contribution in [0.25, 0.3) is 21.8 Å². The van der Waals surface area contributed by atoms with E-state index in [1.165, 1.54) is 10.9 Å². The molecule has 12 amide bonds. The number of carbonyl (C=O) groups excluding carboxylic acids is 11. The number of guanidine groups is 1. The molecule has 3 aliphatic rings. The van der Waals surface area contributed by atoms with Gasteiger partial charge in [0.2, 0.25) is 59.1 Å².